The molecular formula is C90H99Br4ClF4N20O22S6. The number of hydrogen-bond donors (Lipinski definition) is 7. The summed E-state index contributed by atoms with van der Waals surface area (Å²) in [6, 6.07) is 21.2. The van der Waals surface area contributed by atoms with Crippen molar-refractivity contribution in [2.45, 2.75) is 189 Å². The number of benzene rings is 2. The Labute approximate surface area is 907 Å². The Bertz CT molecular complexity index is 6400. The Morgan fingerprint density at radius 3 is 1.17 bits per heavy atom. The molecule has 0 aliphatic carbocycles. The molecule has 4 aliphatic heterocycles. The Morgan fingerprint density at radius 2 is 0.837 bits per heavy atom. The van der Waals surface area contributed by atoms with Gasteiger partial charge in [-0.15, -0.1) is 12.4 Å². The van der Waals surface area contributed by atoms with Crippen molar-refractivity contribution in [3.05, 3.63) is 173 Å². The molecule has 0 unspecified atom stereocenters. The van der Waals surface area contributed by atoms with Crippen LogP contribution in [0.25, 0.3) is 44.1 Å². The zero-order valence-corrected chi connectivity index (χ0v) is 92.6. The lowest BCUT2D eigenvalue weighted by Gasteiger charge is -2.27. The van der Waals surface area contributed by atoms with Gasteiger partial charge in [0, 0.05) is 146 Å². The van der Waals surface area contributed by atoms with Crippen LogP contribution in [0.5, 0.6) is 0 Å². The van der Waals surface area contributed by atoms with Crippen molar-refractivity contribution in [2.24, 2.45) is 0 Å². The number of Topliss-reactive ketones (excluding diaryl/α,β-unsaturated/α-hetero) is 2. The largest absolute Gasteiger partial charge is 0.480 e. The summed E-state index contributed by atoms with van der Waals surface area (Å²) in [5.74, 6) is -2.18. The van der Waals surface area contributed by atoms with E-state index in [0.29, 0.717) is 69.3 Å². The molecule has 0 bridgehead atoms. The minimum absolute atomic E-state index is 0. The number of anilines is 4. The first-order chi connectivity index (χ1) is 68.2. The van der Waals surface area contributed by atoms with E-state index in [1.54, 1.807) is 149 Å². The summed E-state index contributed by atoms with van der Waals surface area (Å²) in [5.41, 5.74) is 11.6. The average molecular weight is 2440 g/mol. The molecular weight excluding hydrogens is 2340 g/mol. The lowest BCUT2D eigenvalue weighted by molar-refractivity contribution is -0.193. The van der Waals surface area contributed by atoms with E-state index in [0.717, 1.165) is 57.6 Å². The van der Waals surface area contributed by atoms with Crippen LogP contribution < -0.4 is 27.0 Å². The van der Waals surface area contributed by atoms with Crippen LogP contribution in [0.15, 0.2) is 128 Å². The fourth-order valence-corrected chi connectivity index (χ4v) is 14.7. The van der Waals surface area contributed by atoms with Crippen LogP contribution in [-0.2, 0) is 138 Å². The summed E-state index contributed by atoms with van der Waals surface area (Å²) >= 11 is 28.5. The van der Waals surface area contributed by atoms with Gasteiger partial charge in [0.05, 0.1) is 43.8 Å². The number of amides is 6. The third-order valence-corrected chi connectivity index (χ3v) is 21.6. The number of nitrogens with two attached hydrogens (primary N) is 1. The van der Waals surface area contributed by atoms with Crippen molar-refractivity contribution in [1.82, 2.24) is 79.4 Å². The fourth-order valence-electron chi connectivity index (χ4n) is 13.4. The molecule has 4 aliphatic rings. The van der Waals surface area contributed by atoms with Gasteiger partial charge < -0.3 is 56.3 Å². The summed E-state index contributed by atoms with van der Waals surface area (Å²) < 4.78 is 74.2. The molecule has 8 atom stereocenters. The topological polar surface area (TPSA) is 581 Å². The quantitative estimate of drug-likeness (QED) is 0.0155. The minimum Gasteiger partial charge on any atom is -0.480 e. The second kappa shape index (κ2) is 63.3. The fraction of sp³-hybridized carbons (Fsp3) is 0.378. The molecule has 0 spiro atoms. The number of aromatic nitrogens is 12. The Morgan fingerprint density at radius 1 is 0.503 bits per heavy atom. The van der Waals surface area contributed by atoms with Crippen LogP contribution in [-0.4, -0.2) is 261 Å². The number of carbonyl (C=O) groups excluding carboxylic acids is 15. The molecule has 6 amide bonds. The molecule has 4 fully saturated rings. The number of ether oxygens (including phenoxy) is 3. The molecule has 14 rings (SSSR count). The highest BCUT2D eigenvalue weighted by Crippen LogP contribution is 2.33. The van der Waals surface area contributed by atoms with Gasteiger partial charge >= 0.3 is 48.5 Å². The van der Waals surface area contributed by atoms with Crippen molar-refractivity contribution in [1.29, 1.82) is 0 Å². The summed E-state index contributed by atoms with van der Waals surface area (Å²) in [6.07, 6.45) is 1.11. The van der Waals surface area contributed by atoms with Gasteiger partial charge in [0.25, 0.3) is 0 Å². The van der Waals surface area contributed by atoms with Gasteiger partial charge in [0.1, 0.15) is 137 Å². The van der Waals surface area contributed by atoms with E-state index in [1.807, 2.05) is 37.3 Å². The van der Waals surface area contributed by atoms with Crippen LogP contribution in [0.2, 0.25) is 0 Å². The zero-order chi connectivity index (χ0) is 109. The molecule has 10 aromatic rings. The number of nitrogen functional groups attached to an aromatic ring is 1. The maximum absolute atomic E-state index is 14.5. The van der Waals surface area contributed by atoms with Crippen LogP contribution in [0.1, 0.15) is 141 Å². The number of methoxy groups -OCH3 is 1. The number of fused-ring (bicyclic) bond motifs is 2. The number of aliphatic carboxylic acids is 2. The molecule has 8 aromatic heterocycles. The molecule has 790 valence electrons. The number of ketones is 2. The van der Waals surface area contributed by atoms with E-state index in [2.05, 4.69) is 185 Å². The number of carboxylic acid groups (broad SMARTS) is 2. The molecule has 42 nitrogen and oxygen atoms in total. The number of carboxylic acids is 2. The van der Waals surface area contributed by atoms with E-state index < -0.39 is 108 Å². The predicted octanol–water partition coefficient (Wildman–Crippen LogP) is 12.8. The van der Waals surface area contributed by atoms with E-state index >= 15 is 0 Å². The van der Waals surface area contributed by atoms with Crippen molar-refractivity contribution < 1.29 is 123 Å². The standard InChI is InChI=1S/C27H25BrFN7O3.C16H21BrFN3O3.C16H14N4O3.C11H13BrFN3O.C10H16FNO4.C7H7BrN2O2.3CO2.ClH.S3.S2.H2S/c1-14-4-7-23(28)32-26(14)33-27(39)22-9-19(29)12-35(22)24(38)13-36-21-6-5-17(18-10-30-16(3)31-11-18)8-20(21)25(34-36)15(2)37;1-9-5-6-12(17)19-13(9)20-14(22)11-7-10(18)8-21(11)15(23)24-16(2,3)4;1-9(21)16-13-5-11(12-6-17-10(2)18-7-12)3-4-14(13)20(19-16)8-15(22)23;1-6-2-3-9(12)15-10(6)16-11(17)8-4-7(13)5-14-8;1-10(2,3)16-9(15)12-5-6(11)4-7(12)8(13)14;1-12-7(11)4-2-3-5(8)10-6(4)9;3*2-1-3;;1-3-2;1-2;/h4-8,10-11,19,22H,9,12-13H2,1-3H3,(H,32,33,39);5-6,10-11H,7-8H2,1-4H3,(H,19,20,22);3-7H,8H2,1-2H3,(H,22,23);2-3,7-8,14H,4-5H2,1H3,(H,15,16,17);6-7H,4-5H2,1-3H3,(H,13,14);2-3H,1H3,(H2,9,10);;;;1H;;;1H2/t19-,22+;10-,11+;;7-,8+;6-,7+;;;;;;;;/m11.11......../s1. The second-order valence-corrected chi connectivity index (χ2v) is 37.8. The predicted molar refractivity (Wildman–Crippen MR) is 558 cm³/mol. The third kappa shape index (κ3) is 42.0. The van der Waals surface area contributed by atoms with E-state index in [4.69, 9.17) is 54.2 Å². The summed E-state index contributed by atoms with van der Waals surface area (Å²) in [5, 5.41) is 38.5. The normalized spacial score (nSPS) is 16.2. The summed E-state index contributed by atoms with van der Waals surface area (Å²) in [6.45, 7) is 21.1. The zero-order valence-electron chi connectivity index (χ0n) is 80.4. The molecule has 0 saturated carbocycles. The van der Waals surface area contributed by atoms with Crippen molar-refractivity contribution in [3.8, 4) is 22.3 Å². The van der Waals surface area contributed by atoms with Gasteiger partial charge in [-0.1, -0.05) is 30.3 Å². The van der Waals surface area contributed by atoms with E-state index in [1.165, 1.54) is 35.2 Å². The first kappa shape index (κ1) is 131. The number of nitrogens with zero attached hydrogens (tertiary/aromatic N) is 15. The monoisotopic (exact) mass is 2430 g/mol. The van der Waals surface area contributed by atoms with Crippen molar-refractivity contribution in [2.75, 3.05) is 55.0 Å². The number of halogens is 9. The van der Waals surface area contributed by atoms with E-state index in [9.17, 15) is 70.3 Å². The second-order valence-electron chi connectivity index (χ2n) is 32.8. The number of nitrogens with one attached hydrogen (secondary N) is 4. The first-order valence-corrected chi connectivity index (χ1v) is 49.4. The van der Waals surface area contributed by atoms with Gasteiger partial charge in [-0.25, -0.2) is 76.6 Å². The number of likely N-dealkylation sites (tertiary alicyclic amines) is 3. The summed E-state index contributed by atoms with van der Waals surface area (Å²) in [7, 11) is 2.21. The maximum Gasteiger partial charge on any atom is 0.411 e. The van der Waals surface area contributed by atoms with E-state index in [-0.39, 0.29) is 150 Å². The van der Waals surface area contributed by atoms with Crippen molar-refractivity contribution in [3.63, 3.8) is 0 Å². The van der Waals surface area contributed by atoms with Crippen LogP contribution in [0.4, 0.5) is 50.4 Å². The minimum atomic E-state index is -1.34. The number of aryl methyl sites for hydroxylation is 5. The molecule has 2 aromatic carbocycles. The molecule has 4 saturated heterocycles. The number of esters is 1. The van der Waals surface area contributed by atoms with Gasteiger partial charge in [0.15, 0.2) is 11.6 Å². The number of hydrogen-bond acceptors (Lipinski definition) is 36. The lowest BCUT2D eigenvalue weighted by Crippen LogP contribution is -2.45. The molecule has 8 N–H and O–H groups in total. The number of carbonyl (C=O) groups is 11. The number of alkyl halides is 4. The summed E-state index contributed by atoms with van der Waals surface area (Å²) in [4.78, 5) is 217. The van der Waals surface area contributed by atoms with Gasteiger partial charge in [0.2, 0.25) is 23.6 Å². The highest BCUT2D eigenvalue weighted by Gasteiger charge is 2.45. The smallest absolute Gasteiger partial charge is 0.411 e. The first-order valence-electron chi connectivity index (χ1n) is 42.2. The van der Waals surface area contributed by atoms with Crippen LogP contribution in [0, 0.1) is 34.6 Å². The van der Waals surface area contributed by atoms with Crippen LogP contribution >= 0.6 is 89.6 Å². The van der Waals surface area contributed by atoms with Gasteiger partial charge in [-0.05, 0) is 222 Å². The maximum atomic E-state index is 14.5. The van der Waals surface area contributed by atoms with Gasteiger partial charge in [-0.2, -0.15) is 52.5 Å². The molecule has 12 heterocycles. The molecule has 147 heavy (non-hydrogen) atoms. The van der Waals surface area contributed by atoms with Gasteiger partial charge in [-0.3, -0.25) is 52.7 Å². The Hall–Kier alpha value is -12.4. The SMILES string of the molecule is CC(=O)c1nn(CC(=O)N2C[C@H](F)C[C@H]2C(=O)Nc2nc(Br)ccc2C)c2ccc(-c3cnc(C)nc3)cc12.CC(=O)c1nn(CC(=O)O)c2ccc(-c3cnc(C)nc3)cc12.CC(C)(C)OC(=O)N1C[C@H](F)C[C@H]1C(=O)O.COC(=O)c1ccc(Br)nc1N.Cc1ccc(Br)nc1NC(=O)[C@@H]1C[C@@H](F)CN1.Cc1ccc(Br)nc1NC(=O)[C@@H]1C[C@@H](F)CN1C(=O)OC(C)(C)C.Cl.O=C=O.O=C=O.O=C=O.S.S=S.S=S=S. The highest BCUT2D eigenvalue weighted by molar-refractivity contribution is 9.11. The number of pyridine rings is 4. The highest BCUT2D eigenvalue weighted by atomic mass is 79.9. The molecule has 57 heteroatoms. The Kier molecular flexibility index (Phi) is 56.3. The average Bonchev–Trinajstić information content (AvgIpc) is 1.63. The third-order valence-electron chi connectivity index (χ3n) is 19.8. The van der Waals surface area contributed by atoms with Crippen LogP contribution in [0.3, 0.4) is 0 Å². The lowest BCUT2D eigenvalue weighted by atomic mass is 10.0. The Balaban J connectivity index is 0.000000599. The molecule has 0 radical (unpaired) electrons. The van der Waals surface area contributed by atoms with Crippen molar-refractivity contribution >= 4 is 272 Å². The number of rotatable bonds is 16.